The molecule has 1 aromatic rings. The first-order chi connectivity index (χ1) is 7.27. The van der Waals surface area contributed by atoms with E-state index in [0.29, 0.717) is 5.75 Å². The molecule has 84 valence electrons. The molecule has 2 N–H and O–H groups in total. The maximum absolute atomic E-state index is 8.70. The van der Waals surface area contributed by atoms with Crippen molar-refractivity contribution >= 4 is 23.4 Å². The third kappa shape index (κ3) is 4.43. The fraction of sp³-hybridized carbons (Fsp3) is 0.455. The second-order valence-corrected chi connectivity index (χ2v) is 4.68. The Morgan fingerprint density at radius 1 is 1.47 bits per heavy atom. The van der Waals surface area contributed by atoms with E-state index >= 15 is 0 Å². The minimum atomic E-state index is 0.196. The minimum Gasteiger partial charge on any atom is -0.396 e. The van der Waals surface area contributed by atoms with Gasteiger partial charge >= 0.3 is 0 Å². The molecule has 15 heavy (non-hydrogen) atoms. The van der Waals surface area contributed by atoms with Gasteiger partial charge in [-0.1, -0.05) is 24.6 Å². The molecule has 0 spiro atoms. The summed E-state index contributed by atoms with van der Waals surface area (Å²) in [6.45, 7) is 4.01. The van der Waals surface area contributed by atoms with Crippen LogP contribution in [0.15, 0.2) is 23.1 Å². The van der Waals surface area contributed by atoms with Crippen LogP contribution in [-0.2, 0) is 6.54 Å². The van der Waals surface area contributed by atoms with Gasteiger partial charge in [-0.15, -0.1) is 11.8 Å². The molecule has 1 aromatic carbocycles. The molecule has 0 aliphatic carbocycles. The topological polar surface area (TPSA) is 32.3 Å². The van der Waals surface area contributed by atoms with Crippen LogP contribution in [-0.4, -0.2) is 24.0 Å². The van der Waals surface area contributed by atoms with E-state index in [1.165, 1.54) is 0 Å². The number of halogens is 1. The van der Waals surface area contributed by atoms with Crippen LogP contribution in [0.25, 0.3) is 0 Å². The van der Waals surface area contributed by atoms with Crippen LogP contribution in [0.2, 0.25) is 5.02 Å². The summed E-state index contributed by atoms with van der Waals surface area (Å²) < 4.78 is 0. The highest BCUT2D eigenvalue weighted by Crippen LogP contribution is 2.24. The van der Waals surface area contributed by atoms with E-state index in [2.05, 4.69) is 12.2 Å². The van der Waals surface area contributed by atoms with E-state index in [0.717, 1.165) is 28.6 Å². The van der Waals surface area contributed by atoms with Crippen molar-refractivity contribution in [2.45, 2.75) is 18.4 Å². The van der Waals surface area contributed by atoms with Crippen LogP contribution in [0, 0.1) is 0 Å². The molecule has 0 amide bonds. The van der Waals surface area contributed by atoms with Crippen LogP contribution >= 0.6 is 23.4 Å². The SMILES string of the molecule is CCNCc1ccc(SCCO)cc1Cl. The molecule has 0 heterocycles. The lowest BCUT2D eigenvalue weighted by Gasteiger charge is -2.07. The van der Waals surface area contributed by atoms with Crippen molar-refractivity contribution < 1.29 is 5.11 Å². The van der Waals surface area contributed by atoms with Crippen molar-refractivity contribution in [3.8, 4) is 0 Å². The first kappa shape index (κ1) is 12.8. The van der Waals surface area contributed by atoms with E-state index in [1.807, 2.05) is 18.2 Å². The van der Waals surface area contributed by atoms with Gasteiger partial charge in [-0.25, -0.2) is 0 Å². The third-order valence-electron chi connectivity index (χ3n) is 1.95. The Morgan fingerprint density at radius 2 is 2.27 bits per heavy atom. The summed E-state index contributed by atoms with van der Waals surface area (Å²) in [5.74, 6) is 0.711. The van der Waals surface area contributed by atoms with Gasteiger partial charge in [0.1, 0.15) is 0 Å². The number of aliphatic hydroxyl groups is 1. The van der Waals surface area contributed by atoms with Gasteiger partial charge in [0.25, 0.3) is 0 Å². The number of nitrogens with one attached hydrogen (secondary N) is 1. The van der Waals surface area contributed by atoms with Crippen molar-refractivity contribution in [3.05, 3.63) is 28.8 Å². The fourth-order valence-corrected chi connectivity index (χ4v) is 2.19. The molecular formula is C11H16ClNOS. The lowest BCUT2D eigenvalue weighted by Crippen LogP contribution is -2.11. The standard InChI is InChI=1S/C11H16ClNOS/c1-2-13-8-9-3-4-10(7-11(9)12)15-6-5-14/h3-4,7,13-14H,2,5-6,8H2,1H3. The van der Waals surface area contributed by atoms with E-state index in [-0.39, 0.29) is 6.61 Å². The van der Waals surface area contributed by atoms with Gasteiger partial charge in [0.2, 0.25) is 0 Å². The Hall–Kier alpha value is -0.220. The van der Waals surface area contributed by atoms with E-state index in [9.17, 15) is 0 Å². The molecule has 0 aromatic heterocycles. The summed E-state index contributed by atoms with van der Waals surface area (Å²) in [5, 5.41) is 12.7. The summed E-state index contributed by atoms with van der Waals surface area (Å²) in [4.78, 5) is 1.11. The number of aliphatic hydroxyl groups excluding tert-OH is 1. The number of benzene rings is 1. The highest BCUT2D eigenvalue weighted by Gasteiger charge is 2.01. The highest BCUT2D eigenvalue weighted by atomic mass is 35.5. The average molecular weight is 246 g/mol. The lowest BCUT2D eigenvalue weighted by atomic mass is 10.2. The van der Waals surface area contributed by atoms with E-state index in [4.69, 9.17) is 16.7 Å². The summed E-state index contributed by atoms with van der Waals surface area (Å²) in [5.41, 5.74) is 1.12. The Kier molecular flexibility index (Phi) is 6.10. The summed E-state index contributed by atoms with van der Waals surface area (Å²) in [7, 11) is 0. The van der Waals surface area contributed by atoms with Crippen molar-refractivity contribution in [2.75, 3.05) is 18.9 Å². The Bertz CT molecular complexity index is 307. The fourth-order valence-electron chi connectivity index (χ4n) is 1.18. The molecule has 2 nitrogen and oxygen atoms in total. The van der Waals surface area contributed by atoms with Gasteiger partial charge in [-0.3, -0.25) is 0 Å². The van der Waals surface area contributed by atoms with Crippen molar-refractivity contribution in [1.82, 2.24) is 5.32 Å². The molecule has 0 aliphatic rings. The predicted molar refractivity (Wildman–Crippen MR) is 66.6 cm³/mol. The molecule has 0 radical (unpaired) electrons. The zero-order chi connectivity index (χ0) is 11.1. The monoisotopic (exact) mass is 245 g/mol. The zero-order valence-electron chi connectivity index (χ0n) is 8.79. The summed E-state index contributed by atoms with van der Waals surface area (Å²) >= 11 is 7.74. The van der Waals surface area contributed by atoms with E-state index in [1.54, 1.807) is 11.8 Å². The van der Waals surface area contributed by atoms with Gasteiger partial charge in [-0.2, -0.15) is 0 Å². The molecule has 0 atom stereocenters. The Balaban J connectivity index is 2.61. The average Bonchev–Trinajstić information content (AvgIpc) is 2.25. The first-order valence-electron chi connectivity index (χ1n) is 5.00. The smallest absolute Gasteiger partial charge is 0.0525 e. The largest absolute Gasteiger partial charge is 0.396 e. The van der Waals surface area contributed by atoms with Gasteiger partial charge in [0.15, 0.2) is 0 Å². The lowest BCUT2D eigenvalue weighted by molar-refractivity contribution is 0.322. The third-order valence-corrected chi connectivity index (χ3v) is 3.28. The number of hydrogen-bond acceptors (Lipinski definition) is 3. The molecule has 0 unspecified atom stereocenters. The molecule has 0 fully saturated rings. The molecule has 1 rings (SSSR count). The number of thioether (sulfide) groups is 1. The minimum absolute atomic E-state index is 0.196. The Labute approximate surface area is 100 Å². The molecule has 0 aliphatic heterocycles. The van der Waals surface area contributed by atoms with Gasteiger partial charge in [0.05, 0.1) is 6.61 Å². The van der Waals surface area contributed by atoms with E-state index < -0.39 is 0 Å². The van der Waals surface area contributed by atoms with Crippen molar-refractivity contribution in [3.63, 3.8) is 0 Å². The predicted octanol–water partition coefficient (Wildman–Crippen LogP) is 2.53. The summed E-state index contributed by atoms with van der Waals surface area (Å²) in [6, 6.07) is 6.03. The van der Waals surface area contributed by atoms with Crippen LogP contribution in [0.4, 0.5) is 0 Å². The Morgan fingerprint density at radius 3 is 2.87 bits per heavy atom. The van der Waals surface area contributed by atoms with Crippen molar-refractivity contribution in [2.24, 2.45) is 0 Å². The normalized spacial score (nSPS) is 10.6. The molecule has 0 saturated carbocycles. The van der Waals surface area contributed by atoms with Gasteiger partial charge in [-0.05, 0) is 24.2 Å². The van der Waals surface area contributed by atoms with Crippen molar-refractivity contribution in [1.29, 1.82) is 0 Å². The van der Waals surface area contributed by atoms with Crippen LogP contribution in [0.5, 0.6) is 0 Å². The molecule has 4 heteroatoms. The quantitative estimate of drug-likeness (QED) is 0.756. The molecule has 0 saturated heterocycles. The van der Waals surface area contributed by atoms with Crippen LogP contribution in [0.3, 0.4) is 0 Å². The second kappa shape index (κ2) is 7.12. The maximum atomic E-state index is 8.70. The van der Waals surface area contributed by atoms with Crippen LogP contribution < -0.4 is 5.32 Å². The molecule has 0 bridgehead atoms. The van der Waals surface area contributed by atoms with Gasteiger partial charge < -0.3 is 10.4 Å². The second-order valence-electron chi connectivity index (χ2n) is 3.11. The summed E-state index contributed by atoms with van der Waals surface area (Å²) in [6.07, 6.45) is 0. The number of hydrogen-bond donors (Lipinski definition) is 2. The first-order valence-corrected chi connectivity index (χ1v) is 6.37. The van der Waals surface area contributed by atoms with Crippen LogP contribution in [0.1, 0.15) is 12.5 Å². The number of rotatable bonds is 6. The zero-order valence-corrected chi connectivity index (χ0v) is 10.4. The van der Waals surface area contributed by atoms with Gasteiger partial charge in [0, 0.05) is 22.2 Å². The maximum Gasteiger partial charge on any atom is 0.0525 e. The molecular weight excluding hydrogens is 230 g/mol. The highest BCUT2D eigenvalue weighted by molar-refractivity contribution is 7.99.